The number of aliphatic hydroxyl groups excluding tert-OH is 1. The van der Waals surface area contributed by atoms with Crippen LogP contribution in [0.5, 0.6) is 0 Å². The van der Waals surface area contributed by atoms with Gasteiger partial charge in [0.05, 0.1) is 18.7 Å². The Labute approximate surface area is 113 Å². The number of benzene rings is 1. The maximum atomic E-state index is 11.8. The largest absolute Gasteiger partial charge is 0.394 e. The van der Waals surface area contributed by atoms with Crippen LogP contribution >= 0.6 is 0 Å². The number of methoxy groups -OCH3 is 1. The van der Waals surface area contributed by atoms with Crippen molar-refractivity contribution in [2.24, 2.45) is 5.73 Å². The number of carbonyl (C=O) groups excluding carboxylic acids is 1. The van der Waals surface area contributed by atoms with E-state index >= 15 is 0 Å². The van der Waals surface area contributed by atoms with Gasteiger partial charge in [0, 0.05) is 13.7 Å². The van der Waals surface area contributed by atoms with Gasteiger partial charge in [0.15, 0.2) is 0 Å². The lowest BCUT2D eigenvalue weighted by molar-refractivity contribution is -0.123. The van der Waals surface area contributed by atoms with Crippen molar-refractivity contribution >= 4 is 5.91 Å². The third kappa shape index (κ3) is 5.83. The molecule has 1 aromatic carbocycles. The lowest BCUT2D eigenvalue weighted by atomic mass is 10.1. The average molecular weight is 266 g/mol. The molecule has 1 amide bonds. The highest BCUT2D eigenvalue weighted by Gasteiger charge is 2.17. The molecule has 0 aliphatic carbocycles. The van der Waals surface area contributed by atoms with Gasteiger partial charge in [0.1, 0.15) is 0 Å². The topological polar surface area (TPSA) is 84.6 Å². The molecular formula is C14H22N2O3. The SMILES string of the molecule is COCCC(N)C(=O)N[C@H](CO)Cc1ccccc1. The molecule has 0 aliphatic heterocycles. The van der Waals surface area contributed by atoms with Gasteiger partial charge in [0.25, 0.3) is 0 Å². The molecule has 2 atom stereocenters. The second-order valence-corrected chi connectivity index (χ2v) is 4.47. The van der Waals surface area contributed by atoms with Crippen molar-refractivity contribution in [1.82, 2.24) is 5.32 Å². The maximum Gasteiger partial charge on any atom is 0.237 e. The Morgan fingerprint density at radius 2 is 2.11 bits per heavy atom. The van der Waals surface area contributed by atoms with E-state index in [4.69, 9.17) is 10.5 Å². The number of amides is 1. The number of nitrogens with one attached hydrogen (secondary N) is 1. The van der Waals surface area contributed by atoms with Crippen LogP contribution in [0.25, 0.3) is 0 Å². The summed E-state index contributed by atoms with van der Waals surface area (Å²) in [6.45, 7) is 0.328. The van der Waals surface area contributed by atoms with Crippen LogP contribution in [0.2, 0.25) is 0 Å². The second-order valence-electron chi connectivity index (χ2n) is 4.47. The Hall–Kier alpha value is -1.43. The van der Waals surface area contributed by atoms with Gasteiger partial charge >= 0.3 is 0 Å². The molecule has 19 heavy (non-hydrogen) atoms. The highest BCUT2D eigenvalue weighted by atomic mass is 16.5. The molecule has 5 nitrogen and oxygen atoms in total. The summed E-state index contributed by atoms with van der Waals surface area (Å²) in [4.78, 5) is 11.8. The van der Waals surface area contributed by atoms with Gasteiger partial charge in [-0.2, -0.15) is 0 Å². The number of nitrogens with two attached hydrogens (primary N) is 1. The Morgan fingerprint density at radius 1 is 1.42 bits per heavy atom. The highest BCUT2D eigenvalue weighted by molar-refractivity contribution is 5.81. The summed E-state index contributed by atoms with van der Waals surface area (Å²) in [5, 5.41) is 12.1. The lowest BCUT2D eigenvalue weighted by Crippen LogP contribution is -2.47. The second kappa shape index (κ2) is 8.63. The summed E-state index contributed by atoms with van der Waals surface area (Å²) in [6.07, 6.45) is 1.05. The summed E-state index contributed by atoms with van der Waals surface area (Å²) < 4.78 is 4.88. The van der Waals surface area contributed by atoms with Crippen LogP contribution in [0.1, 0.15) is 12.0 Å². The van der Waals surface area contributed by atoms with Crippen LogP contribution in [0.4, 0.5) is 0 Å². The number of hydrogen-bond acceptors (Lipinski definition) is 4. The Morgan fingerprint density at radius 3 is 2.68 bits per heavy atom. The predicted molar refractivity (Wildman–Crippen MR) is 73.6 cm³/mol. The molecule has 0 heterocycles. The molecule has 1 aromatic rings. The van der Waals surface area contributed by atoms with Gasteiger partial charge in [-0.05, 0) is 18.4 Å². The summed E-state index contributed by atoms with van der Waals surface area (Å²) in [5.41, 5.74) is 6.79. The number of hydrogen-bond donors (Lipinski definition) is 3. The highest BCUT2D eigenvalue weighted by Crippen LogP contribution is 2.03. The Balaban J connectivity index is 2.45. The zero-order valence-electron chi connectivity index (χ0n) is 11.2. The number of rotatable bonds is 8. The standard InChI is InChI=1S/C14H22N2O3/c1-19-8-7-13(15)14(18)16-12(10-17)9-11-5-3-2-4-6-11/h2-6,12-13,17H,7-10,15H2,1H3,(H,16,18)/t12-,13?/m0/s1. The monoisotopic (exact) mass is 266 g/mol. The van der Waals surface area contributed by atoms with Crippen molar-refractivity contribution in [2.75, 3.05) is 20.3 Å². The van der Waals surface area contributed by atoms with Crippen molar-refractivity contribution in [3.05, 3.63) is 35.9 Å². The molecule has 0 fully saturated rings. The van der Waals surface area contributed by atoms with E-state index < -0.39 is 6.04 Å². The van der Waals surface area contributed by atoms with Gasteiger partial charge in [0.2, 0.25) is 5.91 Å². The van der Waals surface area contributed by atoms with Crippen LogP contribution in [-0.4, -0.2) is 43.4 Å². The van der Waals surface area contributed by atoms with E-state index in [1.807, 2.05) is 30.3 Å². The van der Waals surface area contributed by atoms with Crippen LogP contribution in [-0.2, 0) is 16.0 Å². The van der Waals surface area contributed by atoms with Gasteiger partial charge in [-0.15, -0.1) is 0 Å². The first-order valence-electron chi connectivity index (χ1n) is 6.37. The molecule has 5 heteroatoms. The molecule has 106 valence electrons. The Bertz CT molecular complexity index is 370. The third-order valence-corrected chi connectivity index (χ3v) is 2.86. The molecule has 1 unspecified atom stereocenters. The summed E-state index contributed by atoms with van der Waals surface area (Å²) >= 11 is 0. The summed E-state index contributed by atoms with van der Waals surface area (Å²) in [7, 11) is 1.57. The molecule has 0 aliphatic rings. The molecule has 0 bridgehead atoms. The maximum absolute atomic E-state index is 11.8. The smallest absolute Gasteiger partial charge is 0.237 e. The number of carbonyl (C=O) groups is 1. The zero-order valence-corrected chi connectivity index (χ0v) is 11.2. The van der Waals surface area contributed by atoms with Crippen molar-refractivity contribution in [1.29, 1.82) is 0 Å². The first-order chi connectivity index (χ1) is 9.17. The third-order valence-electron chi connectivity index (χ3n) is 2.86. The van der Waals surface area contributed by atoms with Crippen molar-refractivity contribution < 1.29 is 14.6 Å². The van der Waals surface area contributed by atoms with E-state index in [1.54, 1.807) is 7.11 Å². The number of ether oxygens (including phenoxy) is 1. The van der Waals surface area contributed by atoms with Gasteiger partial charge in [-0.25, -0.2) is 0 Å². The lowest BCUT2D eigenvalue weighted by Gasteiger charge is -2.19. The quantitative estimate of drug-likeness (QED) is 0.621. The first-order valence-corrected chi connectivity index (χ1v) is 6.37. The van der Waals surface area contributed by atoms with Gasteiger partial charge in [-0.1, -0.05) is 30.3 Å². The van der Waals surface area contributed by atoms with Crippen molar-refractivity contribution in [3.8, 4) is 0 Å². The van der Waals surface area contributed by atoms with E-state index in [0.29, 0.717) is 19.4 Å². The zero-order chi connectivity index (χ0) is 14.1. The van der Waals surface area contributed by atoms with E-state index in [-0.39, 0.29) is 18.6 Å². The molecule has 0 saturated heterocycles. The van der Waals surface area contributed by atoms with Crippen LogP contribution in [0.15, 0.2) is 30.3 Å². The molecule has 0 aromatic heterocycles. The van der Waals surface area contributed by atoms with Crippen molar-refractivity contribution in [3.63, 3.8) is 0 Å². The van der Waals surface area contributed by atoms with Gasteiger partial charge in [-0.3, -0.25) is 4.79 Å². The number of aliphatic hydroxyl groups is 1. The average Bonchev–Trinajstić information content (AvgIpc) is 2.44. The minimum Gasteiger partial charge on any atom is -0.394 e. The van der Waals surface area contributed by atoms with Crippen LogP contribution < -0.4 is 11.1 Å². The summed E-state index contributed by atoms with van der Waals surface area (Å²) in [6, 6.07) is 8.77. The summed E-state index contributed by atoms with van der Waals surface area (Å²) in [5.74, 6) is -0.257. The van der Waals surface area contributed by atoms with E-state index in [9.17, 15) is 9.90 Å². The molecule has 4 N–H and O–H groups in total. The van der Waals surface area contributed by atoms with E-state index in [0.717, 1.165) is 5.56 Å². The molecular weight excluding hydrogens is 244 g/mol. The molecule has 0 radical (unpaired) electrons. The van der Waals surface area contributed by atoms with Crippen LogP contribution in [0.3, 0.4) is 0 Å². The van der Waals surface area contributed by atoms with E-state index in [2.05, 4.69) is 5.32 Å². The van der Waals surface area contributed by atoms with Gasteiger partial charge < -0.3 is 20.9 Å². The van der Waals surface area contributed by atoms with E-state index in [1.165, 1.54) is 0 Å². The molecule has 1 rings (SSSR count). The Kier molecular flexibility index (Phi) is 7.10. The first kappa shape index (κ1) is 15.6. The fraction of sp³-hybridized carbons (Fsp3) is 0.500. The molecule has 0 spiro atoms. The predicted octanol–water partition coefficient (Wildman–Crippen LogP) is 0.0700. The minimum absolute atomic E-state index is 0.113. The minimum atomic E-state index is -0.607. The van der Waals surface area contributed by atoms with Crippen molar-refractivity contribution in [2.45, 2.75) is 24.9 Å². The normalized spacial score (nSPS) is 13.8. The molecule has 0 saturated carbocycles. The fourth-order valence-electron chi connectivity index (χ4n) is 1.74. The fourth-order valence-corrected chi connectivity index (χ4v) is 1.74. The van der Waals surface area contributed by atoms with Crippen LogP contribution in [0, 0.1) is 0 Å².